The van der Waals surface area contributed by atoms with E-state index in [1.165, 1.54) is 40.2 Å². The van der Waals surface area contributed by atoms with Crippen LogP contribution in [0.5, 0.6) is 0 Å². The average molecular weight is 1090 g/mol. The highest BCUT2D eigenvalue weighted by atomic mass is 79.9. The second-order valence-electron chi connectivity index (χ2n) is 8.12. The van der Waals surface area contributed by atoms with E-state index in [0.29, 0.717) is 0 Å². The van der Waals surface area contributed by atoms with Crippen LogP contribution in [0.25, 0.3) is 0 Å². The van der Waals surface area contributed by atoms with Gasteiger partial charge in [-0.1, -0.05) is 152 Å². The first-order valence-electron chi connectivity index (χ1n) is 12.1. The van der Waals surface area contributed by atoms with Gasteiger partial charge in [0.25, 0.3) is 0 Å². The number of nitrogens with two attached hydrogens (primary N) is 2. The van der Waals surface area contributed by atoms with Crippen molar-refractivity contribution in [1.82, 2.24) is 0 Å². The van der Waals surface area contributed by atoms with Crippen LogP contribution in [0.2, 0.25) is 0 Å². The zero-order valence-corrected chi connectivity index (χ0v) is 36.2. The highest BCUT2D eigenvalue weighted by Crippen LogP contribution is 2.17. The third-order valence-corrected chi connectivity index (χ3v) is 8.88. The molecule has 0 fully saturated rings. The number of thioether (sulfide) groups is 2. The predicted molar refractivity (Wildman–Crippen MR) is 222 cm³/mol. The molecule has 0 amide bonds. The van der Waals surface area contributed by atoms with Gasteiger partial charge < -0.3 is 16.6 Å². The van der Waals surface area contributed by atoms with E-state index in [1.807, 2.05) is 84.9 Å². The Bertz CT molecular complexity index is 1300. The second-order valence-corrected chi connectivity index (χ2v) is 14.4. The van der Waals surface area contributed by atoms with E-state index in [9.17, 15) is 0 Å². The Hall–Kier alpha value is -0.160. The Labute approximate surface area is 331 Å². The Morgan fingerprint density at radius 1 is 0.568 bits per heavy atom. The minimum absolute atomic E-state index is 0. The Morgan fingerprint density at radius 3 is 1.11 bits per heavy atom. The number of rotatable bonds is 6. The van der Waals surface area contributed by atoms with Gasteiger partial charge >= 0.3 is 0 Å². The molecule has 4 aromatic rings. The molecule has 7 N–H and O–H groups in total. The molecule has 0 saturated heterocycles. The fraction of sp³-hybridized carbons (Fsp3) is 0.133. The molecule has 0 spiro atoms. The van der Waals surface area contributed by atoms with Gasteiger partial charge in [-0.2, -0.15) is 0 Å². The number of benzene rings is 4. The Balaban J connectivity index is 0. The maximum absolute atomic E-state index is 8.64. The number of amidine groups is 2. The summed E-state index contributed by atoms with van der Waals surface area (Å²) in [6.07, 6.45) is 0. The summed E-state index contributed by atoms with van der Waals surface area (Å²) in [5, 5.41) is 23.9. The van der Waals surface area contributed by atoms with Gasteiger partial charge in [-0.25, -0.2) is 0 Å². The summed E-state index contributed by atoms with van der Waals surface area (Å²) in [7, 11) is 0. The van der Waals surface area contributed by atoms with E-state index in [1.54, 1.807) is 0 Å². The number of alkyl halides is 1. The summed E-state index contributed by atoms with van der Waals surface area (Å²) in [4.78, 5) is 0. The standard InChI is InChI=1S/2C8H9BrN2S.C7H6Br2.C7H7BrO.2BrH/c2*9-7-3-1-2-6(4-7)5-12-8(10)11;8-5-6-2-1-3-7(9)4-6;8-7-3-1-2-6(4-7)5-9;;/h2*1-4H,5H2,(H3,10,11);1-4H,5H2;1-4,9H,5H2;2*1H. The minimum Gasteiger partial charge on any atom is -0.392 e. The largest absolute Gasteiger partial charge is 0.392 e. The first-order valence-corrected chi connectivity index (χ1v) is 18.4. The molecule has 0 aliphatic carbocycles. The first-order chi connectivity index (χ1) is 20.0. The quantitative estimate of drug-likeness (QED) is 0.0749. The molecule has 240 valence electrons. The van der Waals surface area contributed by atoms with Crippen LogP contribution in [-0.4, -0.2) is 15.4 Å². The van der Waals surface area contributed by atoms with E-state index in [2.05, 4.69) is 91.8 Å². The molecule has 5 nitrogen and oxygen atoms in total. The third-order valence-electron chi connectivity index (χ3n) is 4.68. The third kappa shape index (κ3) is 24.1. The minimum atomic E-state index is 0. The normalized spacial score (nSPS) is 9.23. The molecule has 0 bridgehead atoms. The van der Waals surface area contributed by atoms with Crippen LogP contribution < -0.4 is 11.5 Å². The lowest BCUT2D eigenvalue weighted by Gasteiger charge is -1.99. The number of nitrogens with one attached hydrogen (secondary N) is 2. The summed E-state index contributed by atoms with van der Waals surface area (Å²) in [6, 6.07) is 31.8. The van der Waals surface area contributed by atoms with Crippen molar-refractivity contribution in [3.8, 4) is 0 Å². The van der Waals surface area contributed by atoms with E-state index in [0.717, 1.165) is 40.3 Å². The number of hydrogen-bond donors (Lipinski definition) is 5. The molecular weight excluding hydrogens is 1060 g/mol. The van der Waals surface area contributed by atoms with Crippen molar-refractivity contribution >= 4 is 147 Å². The van der Waals surface area contributed by atoms with Crippen molar-refractivity contribution < 1.29 is 5.11 Å². The van der Waals surface area contributed by atoms with Crippen molar-refractivity contribution in [3.05, 3.63) is 137 Å². The number of aliphatic hydroxyl groups is 1. The molecule has 4 aromatic carbocycles. The van der Waals surface area contributed by atoms with Gasteiger partial charge in [-0.05, 0) is 70.8 Å². The van der Waals surface area contributed by atoms with E-state index >= 15 is 0 Å². The fourth-order valence-electron chi connectivity index (χ4n) is 2.83. The molecule has 0 saturated carbocycles. The summed E-state index contributed by atoms with van der Waals surface area (Å²) >= 11 is 19.5. The van der Waals surface area contributed by atoms with Crippen molar-refractivity contribution in [2.45, 2.75) is 23.4 Å². The highest BCUT2D eigenvalue weighted by Gasteiger charge is 1.96. The topological polar surface area (TPSA) is 120 Å². The van der Waals surface area contributed by atoms with Crippen LogP contribution in [0.4, 0.5) is 0 Å². The van der Waals surface area contributed by atoms with Crippen molar-refractivity contribution in [1.29, 1.82) is 10.8 Å². The molecule has 0 heterocycles. The summed E-state index contributed by atoms with van der Waals surface area (Å²) < 4.78 is 4.27. The lowest BCUT2D eigenvalue weighted by Crippen LogP contribution is -2.03. The monoisotopic (exact) mass is 1080 g/mol. The van der Waals surface area contributed by atoms with Crippen LogP contribution in [-0.2, 0) is 23.4 Å². The van der Waals surface area contributed by atoms with E-state index in [-0.39, 0.29) is 50.9 Å². The molecule has 0 aliphatic rings. The van der Waals surface area contributed by atoms with Gasteiger partial charge in [-0.15, -0.1) is 34.0 Å². The van der Waals surface area contributed by atoms with Crippen LogP contribution in [0, 0.1) is 10.8 Å². The zero-order valence-electron chi connectivity index (χ0n) is 23.2. The molecule has 4 rings (SSSR count). The van der Waals surface area contributed by atoms with Gasteiger partial charge in [0.2, 0.25) is 0 Å². The SMILES string of the molecule is Br.Br.BrCc1cccc(Br)c1.N=C(N)SCc1cccc(Br)c1.N=C(N)SCc1cccc(Br)c1.OCc1cccc(Br)c1. The van der Waals surface area contributed by atoms with E-state index in [4.69, 9.17) is 27.4 Å². The molecule has 0 atom stereocenters. The summed E-state index contributed by atoms with van der Waals surface area (Å²) in [6.45, 7) is 0.111. The van der Waals surface area contributed by atoms with Gasteiger partial charge in [0, 0.05) is 34.7 Å². The Morgan fingerprint density at radius 2 is 0.864 bits per heavy atom. The summed E-state index contributed by atoms with van der Waals surface area (Å²) in [5.74, 6) is 1.52. The number of hydrogen-bond acceptors (Lipinski definition) is 5. The first kappa shape index (κ1) is 46.0. The highest BCUT2D eigenvalue weighted by molar-refractivity contribution is 9.11. The molecule has 0 aliphatic heterocycles. The molecule has 44 heavy (non-hydrogen) atoms. The maximum atomic E-state index is 8.64. The number of aliphatic hydroxyl groups excluding tert-OH is 1. The molecule has 14 heteroatoms. The number of halogens is 7. The fourth-order valence-corrected chi connectivity index (χ4v) is 5.97. The van der Waals surface area contributed by atoms with Crippen molar-refractivity contribution in [2.75, 3.05) is 0 Å². The van der Waals surface area contributed by atoms with Crippen LogP contribution in [0.15, 0.2) is 115 Å². The van der Waals surface area contributed by atoms with E-state index < -0.39 is 0 Å². The second kappa shape index (κ2) is 27.9. The Kier molecular flexibility index (Phi) is 29.1. The lowest BCUT2D eigenvalue weighted by atomic mass is 10.2. The van der Waals surface area contributed by atoms with Crippen LogP contribution >= 0.6 is 137 Å². The van der Waals surface area contributed by atoms with Gasteiger partial charge in [0.05, 0.1) is 6.61 Å². The van der Waals surface area contributed by atoms with Gasteiger partial charge in [0.1, 0.15) is 0 Å². The smallest absolute Gasteiger partial charge is 0.151 e. The van der Waals surface area contributed by atoms with Crippen LogP contribution in [0.3, 0.4) is 0 Å². The maximum Gasteiger partial charge on any atom is 0.151 e. The molecular formula is C30H33Br7N4OS2. The van der Waals surface area contributed by atoms with Crippen molar-refractivity contribution in [2.24, 2.45) is 11.5 Å². The predicted octanol–water partition coefficient (Wildman–Crippen LogP) is 11.6. The van der Waals surface area contributed by atoms with Gasteiger partial charge in [-0.3, -0.25) is 10.8 Å². The summed E-state index contributed by atoms with van der Waals surface area (Å²) in [5.41, 5.74) is 15.0. The zero-order chi connectivity index (χ0) is 31.3. The average Bonchev–Trinajstić information content (AvgIpc) is 2.96. The van der Waals surface area contributed by atoms with Crippen LogP contribution in [0.1, 0.15) is 22.3 Å². The van der Waals surface area contributed by atoms with Crippen molar-refractivity contribution in [3.63, 3.8) is 0 Å². The van der Waals surface area contributed by atoms with Gasteiger partial charge in [0.15, 0.2) is 10.3 Å². The molecule has 0 aromatic heterocycles. The molecule has 0 radical (unpaired) electrons. The lowest BCUT2D eigenvalue weighted by molar-refractivity contribution is 0.282. The molecule has 0 unspecified atom stereocenters.